The molecule has 2 aromatic heterocycles. The van der Waals surface area contributed by atoms with Crippen LogP contribution in [0.25, 0.3) is 0 Å². The molecule has 2 rings (SSSR count). The quantitative estimate of drug-likeness (QED) is 0.845. The Morgan fingerprint density at radius 2 is 2.11 bits per heavy atom. The van der Waals surface area contributed by atoms with Crippen molar-refractivity contribution in [3.63, 3.8) is 0 Å². The number of alkyl halides is 2. The highest BCUT2D eigenvalue weighted by atomic mass is 32.2. The van der Waals surface area contributed by atoms with Crippen LogP contribution in [0.4, 0.5) is 8.78 Å². The van der Waals surface area contributed by atoms with Crippen LogP contribution in [0.3, 0.4) is 0 Å². The number of aromatic nitrogens is 2. The smallest absolute Gasteiger partial charge is 0.284 e. The Labute approximate surface area is 112 Å². The van der Waals surface area contributed by atoms with E-state index in [0.29, 0.717) is 48.1 Å². The summed E-state index contributed by atoms with van der Waals surface area (Å²) in [7, 11) is 0. The molecule has 0 aliphatic rings. The molecule has 0 aliphatic carbocycles. The summed E-state index contributed by atoms with van der Waals surface area (Å²) < 4.78 is 34.2. The van der Waals surface area contributed by atoms with Crippen LogP contribution in [-0.4, -0.2) is 15.9 Å². The molecule has 0 saturated heterocycles. The van der Waals surface area contributed by atoms with E-state index in [1.165, 1.54) is 0 Å². The van der Waals surface area contributed by atoms with E-state index in [0.717, 1.165) is 0 Å². The molecule has 0 radical (unpaired) electrons. The number of hydrogen-bond acceptors (Lipinski definition) is 6. The summed E-state index contributed by atoms with van der Waals surface area (Å²) in [6.45, 7) is 2.65. The zero-order valence-electron chi connectivity index (χ0n) is 10.2. The zero-order valence-corrected chi connectivity index (χ0v) is 11.0. The van der Waals surface area contributed by atoms with Crippen LogP contribution in [-0.2, 0) is 18.8 Å². The summed E-state index contributed by atoms with van der Waals surface area (Å²) in [5.74, 6) is 0.0937. The number of furan rings is 1. The Bertz CT molecular complexity index is 516. The topological polar surface area (TPSA) is 64.1 Å². The lowest BCUT2D eigenvalue weighted by Crippen LogP contribution is -2.13. The fourth-order valence-corrected chi connectivity index (χ4v) is 1.90. The molecule has 2 aromatic rings. The summed E-state index contributed by atoms with van der Waals surface area (Å²) in [5, 5.41) is 6.81. The molecule has 0 aromatic carbocycles. The molecule has 5 nitrogen and oxygen atoms in total. The van der Waals surface area contributed by atoms with E-state index < -0.39 is 5.76 Å². The van der Waals surface area contributed by atoms with Gasteiger partial charge >= 0.3 is 0 Å². The molecule has 0 spiro atoms. The van der Waals surface area contributed by atoms with Gasteiger partial charge in [0.25, 0.3) is 5.76 Å². The van der Waals surface area contributed by atoms with Crippen molar-refractivity contribution in [1.82, 2.24) is 15.5 Å². The molecule has 0 saturated carbocycles. The maximum atomic E-state index is 12.0. The van der Waals surface area contributed by atoms with Crippen molar-refractivity contribution in [2.75, 3.05) is 0 Å². The third-order valence-corrected chi connectivity index (χ3v) is 2.92. The highest BCUT2D eigenvalue weighted by Gasteiger charge is 2.07. The van der Waals surface area contributed by atoms with Crippen molar-refractivity contribution in [2.24, 2.45) is 0 Å². The number of rotatable bonds is 7. The lowest BCUT2D eigenvalue weighted by Gasteiger charge is -1.99. The minimum atomic E-state index is -2.38. The summed E-state index contributed by atoms with van der Waals surface area (Å²) in [5.41, 5.74) is 0. The van der Waals surface area contributed by atoms with E-state index in [-0.39, 0.29) is 5.75 Å². The van der Waals surface area contributed by atoms with Crippen molar-refractivity contribution in [3.05, 3.63) is 35.4 Å². The second-order valence-corrected chi connectivity index (χ2v) is 4.75. The van der Waals surface area contributed by atoms with Gasteiger partial charge in [0.15, 0.2) is 5.82 Å². The van der Waals surface area contributed by atoms with E-state index in [1.807, 2.05) is 0 Å². The summed E-state index contributed by atoms with van der Waals surface area (Å²) in [6, 6.07) is 3.46. The Balaban J connectivity index is 1.74. The molecule has 0 atom stereocenters. The first kappa shape index (κ1) is 14.0. The van der Waals surface area contributed by atoms with Crippen molar-refractivity contribution in [2.45, 2.75) is 31.5 Å². The van der Waals surface area contributed by atoms with Crippen LogP contribution < -0.4 is 5.32 Å². The zero-order chi connectivity index (χ0) is 13.7. The van der Waals surface area contributed by atoms with Gasteiger partial charge in [0.05, 0.1) is 18.8 Å². The van der Waals surface area contributed by atoms with Gasteiger partial charge in [-0.25, -0.2) is 0 Å². The molecular weight excluding hydrogens is 276 g/mol. The second-order valence-electron chi connectivity index (χ2n) is 3.77. The third-order valence-electron chi connectivity index (χ3n) is 2.22. The van der Waals surface area contributed by atoms with Gasteiger partial charge in [-0.15, -0.1) is 0 Å². The molecule has 2 heterocycles. The third kappa shape index (κ3) is 4.64. The molecule has 0 aliphatic heterocycles. The highest BCUT2D eigenvalue weighted by molar-refractivity contribution is 7.98. The molecule has 19 heavy (non-hydrogen) atoms. The number of nitrogens with zero attached hydrogens (tertiary/aromatic N) is 2. The van der Waals surface area contributed by atoms with Crippen molar-refractivity contribution in [1.29, 1.82) is 0 Å². The van der Waals surface area contributed by atoms with Crippen LogP contribution in [0.15, 0.2) is 21.1 Å². The Morgan fingerprint density at radius 1 is 1.32 bits per heavy atom. The lowest BCUT2D eigenvalue weighted by molar-refractivity contribution is 0.251. The number of hydrogen-bond donors (Lipinski definition) is 1. The van der Waals surface area contributed by atoms with Crippen LogP contribution in [0.1, 0.15) is 23.2 Å². The van der Waals surface area contributed by atoms with Gasteiger partial charge in [-0.3, -0.25) is 0 Å². The molecule has 0 fully saturated rings. The number of halogens is 2. The molecule has 8 heteroatoms. The van der Waals surface area contributed by atoms with Gasteiger partial charge in [0.1, 0.15) is 11.5 Å². The summed E-state index contributed by atoms with van der Waals surface area (Å²) >= 11 is 0.541. The number of thioether (sulfide) groups is 1. The van der Waals surface area contributed by atoms with Gasteiger partial charge in [0.2, 0.25) is 5.89 Å². The van der Waals surface area contributed by atoms with Gasteiger partial charge < -0.3 is 14.3 Å². The van der Waals surface area contributed by atoms with Gasteiger partial charge in [0, 0.05) is 6.92 Å². The Hall–Kier alpha value is -1.41. The van der Waals surface area contributed by atoms with E-state index in [2.05, 4.69) is 15.5 Å². The van der Waals surface area contributed by atoms with E-state index in [9.17, 15) is 8.78 Å². The minimum Gasteiger partial charge on any atom is -0.464 e. The molecule has 0 unspecified atom stereocenters. The lowest BCUT2D eigenvalue weighted by atomic mass is 10.4. The fraction of sp³-hybridized carbons (Fsp3) is 0.455. The first-order chi connectivity index (χ1) is 9.13. The minimum absolute atomic E-state index is 0.168. The largest absolute Gasteiger partial charge is 0.464 e. The molecule has 104 valence electrons. The van der Waals surface area contributed by atoms with E-state index in [1.54, 1.807) is 19.1 Å². The van der Waals surface area contributed by atoms with Crippen LogP contribution in [0, 0.1) is 6.92 Å². The number of aryl methyl sites for hydroxylation is 1. The molecule has 0 amide bonds. The van der Waals surface area contributed by atoms with Gasteiger partial charge in [-0.1, -0.05) is 16.9 Å². The normalized spacial score (nSPS) is 11.4. The van der Waals surface area contributed by atoms with E-state index in [4.69, 9.17) is 8.94 Å². The van der Waals surface area contributed by atoms with Gasteiger partial charge in [-0.05, 0) is 12.1 Å². The van der Waals surface area contributed by atoms with Crippen molar-refractivity contribution < 1.29 is 17.7 Å². The second kappa shape index (κ2) is 6.67. The van der Waals surface area contributed by atoms with Crippen LogP contribution in [0.5, 0.6) is 0 Å². The molecule has 0 bridgehead atoms. The predicted molar refractivity (Wildman–Crippen MR) is 65.6 cm³/mol. The predicted octanol–water partition coefficient (Wildman–Crippen LogP) is 2.72. The molecule has 1 N–H and O–H groups in total. The highest BCUT2D eigenvalue weighted by Crippen LogP contribution is 2.21. The average molecular weight is 289 g/mol. The fourth-order valence-electron chi connectivity index (χ4n) is 1.45. The molecular formula is C11H13F2N3O2S. The van der Waals surface area contributed by atoms with Crippen LogP contribution >= 0.6 is 11.8 Å². The maximum Gasteiger partial charge on any atom is 0.284 e. The Morgan fingerprint density at radius 3 is 2.79 bits per heavy atom. The average Bonchev–Trinajstić information content (AvgIpc) is 2.96. The van der Waals surface area contributed by atoms with Crippen LogP contribution in [0.2, 0.25) is 0 Å². The van der Waals surface area contributed by atoms with E-state index >= 15 is 0 Å². The summed E-state index contributed by atoms with van der Waals surface area (Å²) in [4.78, 5) is 4.04. The Kier molecular flexibility index (Phi) is 4.92. The maximum absolute atomic E-state index is 12.0. The first-order valence-corrected chi connectivity index (χ1v) is 6.65. The SMILES string of the molecule is Cc1nc(CNCc2ccc(CSC(F)F)o2)no1. The summed E-state index contributed by atoms with van der Waals surface area (Å²) in [6.07, 6.45) is 0. The van der Waals surface area contributed by atoms with Gasteiger partial charge in [-0.2, -0.15) is 13.8 Å². The first-order valence-electron chi connectivity index (χ1n) is 5.61. The standard InChI is InChI=1S/C11H13F2N3O2S/c1-7-15-10(16-18-7)5-14-4-8-2-3-9(17-8)6-19-11(12)13/h2-3,11,14H,4-6H2,1H3. The van der Waals surface area contributed by atoms with Crippen molar-refractivity contribution in [3.8, 4) is 0 Å². The monoisotopic (exact) mass is 289 g/mol. The van der Waals surface area contributed by atoms with Crippen molar-refractivity contribution >= 4 is 11.8 Å². The number of nitrogens with one attached hydrogen (secondary N) is 1.